The molecule has 5 heteroatoms. The summed E-state index contributed by atoms with van der Waals surface area (Å²) in [5.74, 6) is 0. The zero-order chi connectivity index (χ0) is 64.9. The normalized spacial score (nSPS) is 12.9. The number of anilines is 13. The van der Waals surface area contributed by atoms with E-state index in [-0.39, 0.29) is 10.8 Å². The Kier molecular flexibility index (Phi) is 17.5. The molecule has 0 fully saturated rings. The molecule has 0 amide bonds. The summed E-state index contributed by atoms with van der Waals surface area (Å²) in [5, 5.41) is 0. The second-order valence-electron chi connectivity index (χ2n) is 25.8. The van der Waals surface area contributed by atoms with Crippen molar-refractivity contribution < 1.29 is 0 Å². The van der Waals surface area contributed by atoms with E-state index in [0.29, 0.717) is 0 Å². The van der Waals surface area contributed by atoms with Crippen LogP contribution in [-0.2, 0) is 10.8 Å². The van der Waals surface area contributed by atoms with Gasteiger partial charge in [-0.2, -0.15) is 0 Å². The second kappa shape index (κ2) is 26.6. The molecule has 0 saturated carbocycles. The van der Waals surface area contributed by atoms with Gasteiger partial charge in [0.2, 0.25) is 0 Å². The van der Waals surface area contributed by atoms with Crippen molar-refractivity contribution in [2.24, 2.45) is 0 Å². The Morgan fingerprint density at radius 3 is 0.691 bits per heavy atom. The van der Waals surface area contributed by atoms with Crippen molar-refractivity contribution in [2.45, 2.75) is 59.3 Å². The number of benzene rings is 13. The molecule has 0 saturated heterocycles. The number of rotatable bonds is 11. The van der Waals surface area contributed by atoms with Crippen LogP contribution in [0.5, 0.6) is 0 Å². The Morgan fingerprint density at radius 1 is 0.213 bits per heavy atom. The third kappa shape index (κ3) is 12.5. The van der Waals surface area contributed by atoms with E-state index in [4.69, 9.17) is 0 Å². The molecule has 15 rings (SSSR count). The molecule has 0 aromatic heterocycles. The van der Waals surface area contributed by atoms with Crippen LogP contribution in [0.25, 0.3) is 22.3 Å². The highest BCUT2D eigenvalue weighted by Crippen LogP contribution is 2.57. The Bertz CT molecular complexity index is 4590. The molecule has 0 unspecified atom stereocenters. The summed E-state index contributed by atoms with van der Waals surface area (Å²) < 4.78 is 0. The first-order valence-corrected chi connectivity index (χ1v) is 32.7. The molecule has 13 aromatic carbocycles. The Morgan fingerprint density at radius 2 is 0.426 bits per heavy atom. The average Bonchev–Trinajstić information content (AvgIpc) is 0.707. The molecule has 13 aromatic rings. The summed E-state index contributed by atoms with van der Waals surface area (Å²) >= 11 is 0. The van der Waals surface area contributed by atoms with E-state index in [1.54, 1.807) is 0 Å². The predicted molar refractivity (Wildman–Crippen MR) is 402 cm³/mol. The quantitative estimate of drug-likeness (QED) is 0.128. The van der Waals surface area contributed by atoms with Crippen LogP contribution in [0, 0.1) is 20.8 Å². The maximum absolute atomic E-state index is 2.49. The van der Waals surface area contributed by atoms with Gasteiger partial charge in [-0.15, -0.1) is 0 Å². The van der Waals surface area contributed by atoms with Crippen LogP contribution in [0.4, 0.5) is 73.9 Å². The lowest BCUT2D eigenvalue weighted by Crippen LogP contribution is -2.35. The van der Waals surface area contributed by atoms with E-state index >= 15 is 0 Å². The molecule has 2 heterocycles. The average molecular weight is 1220 g/mol. The SMILES string of the molecule is Cc1ccc(-c2ccc(N(c3ccccc3)c3ccc4c(c3)C(C)(C)c3cc5c(cc3N4C)C(C)(C)c3cc(N(c4ccccc4)c4ccc(-c6ccc(N(c7ccccc7)c7ccccc7)cc6)cc4)ccc3N5C)cc2)cc1.Cc1ccccc1.Cc1ccccc1. The Labute approximate surface area is 557 Å². The smallest absolute Gasteiger partial charge is 0.0466 e. The molecule has 2 aliphatic heterocycles. The molecular formula is C89H81N5. The maximum atomic E-state index is 2.49. The highest BCUT2D eigenvalue weighted by molar-refractivity contribution is 5.90. The number of aryl methyl sites for hydroxylation is 3. The van der Waals surface area contributed by atoms with Crippen molar-refractivity contribution in [2.75, 3.05) is 38.6 Å². The predicted octanol–water partition coefficient (Wildman–Crippen LogP) is 24.5. The lowest BCUT2D eigenvalue weighted by Gasteiger charge is -2.46. The number of hydrogen-bond acceptors (Lipinski definition) is 5. The molecule has 0 aliphatic carbocycles. The Balaban J connectivity index is 0.000000510. The van der Waals surface area contributed by atoms with Crippen LogP contribution in [0.2, 0.25) is 0 Å². The van der Waals surface area contributed by atoms with E-state index in [1.165, 1.54) is 78.4 Å². The fourth-order valence-corrected chi connectivity index (χ4v) is 13.5. The van der Waals surface area contributed by atoms with Crippen molar-refractivity contribution in [3.8, 4) is 22.3 Å². The highest BCUT2D eigenvalue weighted by atomic mass is 15.2. The van der Waals surface area contributed by atoms with Crippen molar-refractivity contribution in [1.82, 2.24) is 0 Å². The molecule has 2 aliphatic rings. The van der Waals surface area contributed by atoms with Crippen molar-refractivity contribution >= 4 is 73.9 Å². The number of fused-ring (bicyclic) bond motifs is 4. The monoisotopic (exact) mass is 1220 g/mol. The van der Waals surface area contributed by atoms with Gasteiger partial charge in [-0.05, 0) is 199 Å². The Hall–Kier alpha value is -11.1. The topological polar surface area (TPSA) is 16.2 Å². The van der Waals surface area contributed by atoms with Gasteiger partial charge in [0.25, 0.3) is 0 Å². The van der Waals surface area contributed by atoms with Gasteiger partial charge in [0.15, 0.2) is 0 Å². The van der Waals surface area contributed by atoms with Crippen LogP contribution in [0.3, 0.4) is 0 Å². The molecule has 462 valence electrons. The molecule has 0 bridgehead atoms. The van der Waals surface area contributed by atoms with E-state index in [9.17, 15) is 0 Å². The minimum absolute atomic E-state index is 0.309. The summed E-state index contributed by atoms with van der Waals surface area (Å²) in [6.07, 6.45) is 0. The first-order valence-electron chi connectivity index (χ1n) is 32.7. The molecule has 0 N–H and O–H groups in total. The molecule has 94 heavy (non-hydrogen) atoms. The van der Waals surface area contributed by atoms with Gasteiger partial charge < -0.3 is 24.5 Å². The maximum Gasteiger partial charge on any atom is 0.0466 e. The van der Waals surface area contributed by atoms with Gasteiger partial charge in [-0.3, -0.25) is 0 Å². The van der Waals surface area contributed by atoms with Gasteiger partial charge in [-0.1, -0.05) is 239 Å². The lowest BCUT2D eigenvalue weighted by molar-refractivity contribution is 0.612. The first kappa shape index (κ1) is 61.7. The molecular weight excluding hydrogens is 1140 g/mol. The molecule has 5 nitrogen and oxygen atoms in total. The fourth-order valence-electron chi connectivity index (χ4n) is 13.5. The van der Waals surface area contributed by atoms with Gasteiger partial charge in [0.05, 0.1) is 0 Å². The molecule has 0 spiro atoms. The van der Waals surface area contributed by atoms with Crippen LogP contribution in [-0.4, -0.2) is 14.1 Å². The van der Waals surface area contributed by atoms with Crippen LogP contribution < -0.4 is 24.5 Å². The summed E-state index contributed by atoms with van der Waals surface area (Å²) in [6, 6.07) is 118. The molecule has 0 atom stereocenters. The molecule has 0 radical (unpaired) electrons. The van der Waals surface area contributed by atoms with Crippen LogP contribution >= 0.6 is 0 Å². The van der Waals surface area contributed by atoms with E-state index in [1.807, 2.05) is 36.4 Å². The number of nitrogens with zero attached hydrogens (tertiary/aromatic N) is 5. The summed E-state index contributed by atoms with van der Waals surface area (Å²) in [4.78, 5) is 11.9. The third-order valence-corrected chi connectivity index (χ3v) is 18.8. The third-order valence-electron chi connectivity index (χ3n) is 18.8. The minimum Gasteiger partial charge on any atom is -0.344 e. The minimum atomic E-state index is -0.322. The van der Waals surface area contributed by atoms with Crippen LogP contribution in [0.1, 0.15) is 66.6 Å². The fraction of sp³-hybridized carbons (Fsp3) is 0.124. The van der Waals surface area contributed by atoms with E-state index < -0.39 is 0 Å². The van der Waals surface area contributed by atoms with Gasteiger partial charge >= 0.3 is 0 Å². The first-order chi connectivity index (χ1) is 45.7. The van der Waals surface area contributed by atoms with Crippen molar-refractivity contribution in [3.05, 3.63) is 367 Å². The van der Waals surface area contributed by atoms with Gasteiger partial charge in [0.1, 0.15) is 0 Å². The van der Waals surface area contributed by atoms with Crippen molar-refractivity contribution in [1.29, 1.82) is 0 Å². The highest BCUT2D eigenvalue weighted by Gasteiger charge is 2.42. The van der Waals surface area contributed by atoms with E-state index in [2.05, 4.69) is 378 Å². The zero-order valence-electron chi connectivity index (χ0n) is 55.4. The summed E-state index contributed by atoms with van der Waals surface area (Å²) in [5.41, 5.74) is 28.2. The van der Waals surface area contributed by atoms with Crippen LogP contribution in [0.15, 0.2) is 328 Å². The zero-order valence-corrected chi connectivity index (χ0v) is 55.4. The lowest BCUT2D eigenvalue weighted by atomic mass is 9.69. The summed E-state index contributed by atoms with van der Waals surface area (Å²) in [6.45, 7) is 15.9. The number of para-hydroxylation sites is 4. The second-order valence-corrected chi connectivity index (χ2v) is 25.8. The number of hydrogen-bond donors (Lipinski definition) is 0. The van der Waals surface area contributed by atoms with E-state index in [0.717, 1.165) is 56.7 Å². The van der Waals surface area contributed by atoms with Gasteiger partial charge in [-0.25, -0.2) is 0 Å². The van der Waals surface area contributed by atoms with Crippen molar-refractivity contribution in [3.63, 3.8) is 0 Å². The largest absolute Gasteiger partial charge is 0.344 e. The summed E-state index contributed by atoms with van der Waals surface area (Å²) in [7, 11) is 4.49. The van der Waals surface area contributed by atoms with Gasteiger partial charge in [0, 0.05) is 98.9 Å². The standard InChI is InChI=1S/C75H65N5.2C7H8/c1-52-28-30-53(31-29-52)54-34-40-62(41-35-54)79(59-24-16-10-17-25-59)64-44-46-70-66(48-64)74(2,3)68-50-73-69(51-72(68)76(70)6)75(4,5)67-49-65(45-47-71(67)77(73)7)80(60-26-18-11-19-27-60)63-42-36-56(37-43-63)55-32-38-61(39-33-55)78(57-20-12-8-13-21-57)58-22-14-9-15-23-58;2*1-7-5-3-2-4-6-7/h8-51H,1-7H3;2*2-6H,1H3.